The molecule has 1 amide bonds. The molecule has 36 heavy (non-hydrogen) atoms. The molecule has 0 unspecified atom stereocenters. The van der Waals surface area contributed by atoms with E-state index in [1.807, 2.05) is 6.92 Å². The number of carbonyl (C=O) groups is 3. The van der Waals surface area contributed by atoms with Gasteiger partial charge in [-0.1, -0.05) is 32.1 Å². The summed E-state index contributed by atoms with van der Waals surface area (Å²) in [7, 11) is 0. The fourth-order valence-corrected chi connectivity index (χ4v) is 6.31. The van der Waals surface area contributed by atoms with Crippen molar-refractivity contribution in [3.8, 4) is 0 Å². The molecule has 1 saturated heterocycles. The van der Waals surface area contributed by atoms with E-state index in [9.17, 15) is 24.6 Å². The molecule has 0 radical (unpaired) electrons. The summed E-state index contributed by atoms with van der Waals surface area (Å²) in [6.45, 7) is 13.0. The summed E-state index contributed by atoms with van der Waals surface area (Å²) in [6, 6.07) is 0. The summed E-state index contributed by atoms with van der Waals surface area (Å²) in [5.74, 6) is -1.09. The smallest absolute Gasteiger partial charge is 0.408 e. The van der Waals surface area contributed by atoms with Crippen molar-refractivity contribution in [2.24, 2.45) is 22.7 Å². The lowest BCUT2D eigenvalue weighted by Crippen LogP contribution is -2.57. The monoisotopic (exact) mass is 507 g/mol. The fourth-order valence-electron chi connectivity index (χ4n) is 6.31. The van der Waals surface area contributed by atoms with Crippen molar-refractivity contribution in [3.63, 3.8) is 0 Å². The molecule has 3 fully saturated rings. The number of cyclic esters (lactones) is 1. The van der Waals surface area contributed by atoms with Gasteiger partial charge >= 0.3 is 18.0 Å². The first-order valence-corrected chi connectivity index (χ1v) is 12.7. The van der Waals surface area contributed by atoms with E-state index in [4.69, 9.17) is 14.2 Å². The maximum Gasteiger partial charge on any atom is 0.408 e. The van der Waals surface area contributed by atoms with Crippen molar-refractivity contribution in [1.29, 1.82) is 0 Å². The van der Waals surface area contributed by atoms with E-state index < -0.39 is 47.8 Å². The Hall–Kier alpha value is -2.39. The first-order valence-electron chi connectivity index (χ1n) is 12.7. The Bertz CT molecular complexity index is 921. The van der Waals surface area contributed by atoms with Crippen molar-refractivity contribution in [2.45, 2.75) is 84.5 Å². The third-order valence-corrected chi connectivity index (χ3v) is 8.26. The Morgan fingerprint density at radius 2 is 1.97 bits per heavy atom. The normalized spacial score (nSPS) is 35.7. The number of alkyl carbamates (subject to hydrolysis) is 1. The highest BCUT2D eigenvalue weighted by molar-refractivity contribution is 5.92. The number of esters is 2. The average molecular weight is 508 g/mol. The van der Waals surface area contributed by atoms with Gasteiger partial charge in [-0.25, -0.2) is 9.59 Å². The van der Waals surface area contributed by atoms with E-state index in [0.29, 0.717) is 12.8 Å². The zero-order valence-corrected chi connectivity index (χ0v) is 22.1. The van der Waals surface area contributed by atoms with Gasteiger partial charge < -0.3 is 29.7 Å². The summed E-state index contributed by atoms with van der Waals surface area (Å²) >= 11 is 0. The van der Waals surface area contributed by atoms with Crippen LogP contribution >= 0.6 is 0 Å². The minimum Gasteiger partial charge on any atom is -0.458 e. The predicted octanol–water partition coefficient (Wildman–Crippen LogP) is 3.04. The Morgan fingerprint density at radius 1 is 1.28 bits per heavy atom. The molecule has 2 aliphatic carbocycles. The lowest BCUT2D eigenvalue weighted by Gasteiger charge is -2.59. The van der Waals surface area contributed by atoms with Crippen molar-refractivity contribution < 1.29 is 38.8 Å². The molecule has 0 spiro atoms. The van der Waals surface area contributed by atoms with E-state index >= 15 is 0 Å². The van der Waals surface area contributed by atoms with Gasteiger partial charge in [0.1, 0.15) is 18.8 Å². The van der Waals surface area contributed by atoms with Crippen LogP contribution in [-0.2, 0) is 23.8 Å². The minimum absolute atomic E-state index is 0.0423. The van der Waals surface area contributed by atoms with Crippen molar-refractivity contribution in [1.82, 2.24) is 5.32 Å². The minimum atomic E-state index is -0.859. The summed E-state index contributed by atoms with van der Waals surface area (Å²) in [5.41, 5.74) is -0.122. The number of fused-ring (bicyclic) bond motifs is 1. The molecule has 3 rings (SSSR count). The molecule has 3 N–H and O–H groups in total. The molecule has 9 nitrogen and oxygen atoms in total. The molecule has 9 heteroatoms. The molecular weight excluding hydrogens is 466 g/mol. The highest BCUT2D eigenvalue weighted by Gasteiger charge is 2.57. The lowest BCUT2D eigenvalue weighted by atomic mass is 9.46. The number of aliphatic hydroxyl groups is 2. The standard InChI is InChI=1S/C27H41NO8/c1-16-7-10-20-26(5,12-11-21(30)27(20,6)15-29)18(16)9-8-17-19(14-34-23(17)32)35-22(31)13-28-24(33)36-25(2,3)4/h8,18-21,29-30H,1,7,9-15H2,2-6H3,(H,28,33)/b17-8+/t18-,19-,20+,21-,26+,27+/m1/s1. The van der Waals surface area contributed by atoms with Gasteiger partial charge in [0, 0.05) is 5.41 Å². The van der Waals surface area contributed by atoms with Crippen LogP contribution in [0.2, 0.25) is 0 Å². The molecule has 1 heterocycles. The maximum atomic E-state index is 12.4. The number of hydrogen-bond donors (Lipinski definition) is 3. The topological polar surface area (TPSA) is 131 Å². The zero-order valence-electron chi connectivity index (χ0n) is 22.1. The van der Waals surface area contributed by atoms with Crippen molar-refractivity contribution in [3.05, 3.63) is 23.8 Å². The van der Waals surface area contributed by atoms with E-state index in [-0.39, 0.29) is 36.0 Å². The average Bonchev–Trinajstić information content (AvgIpc) is 3.12. The van der Waals surface area contributed by atoms with Crippen LogP contribution in [-0.4, -0.2) is 65.8 Å². The number of aliphatic hydroxyl groups excluding tert-OH is 2. The molecule has 202 valence electrons. The van der Waals surface area contributed by atoms with Gasteiger partial charge in [0.15, 0.2) is 6.10 Å². The van der Waals surface area contributed by atoms with Crippen molar-refractivity contribution in [2.75, 3.05) is 19.8 Å². The number of ether oxygens (including phenoxy) is 3. The van der Waals surface area contributed by atoms with Crippen LogP contribution in [0.25, 0.3) is 0 Å². The summed E-state index contributed by atoms with van der Waals surface area (Å²) in [4.78, 5) is 36.5. The van der Waals surface area contributed by atoms with Crippen LogP contribution in [0.3, 0.4) is 0 Å². The number of allylic oxidation sites excluding steroid dienone is 2. The number of nitrogens with one attached hydrogen (secondary N) is 1. The van der Waals surface area contributed by atoms with Crippen LogP contribution in [0.4, 0.5) is 4.79 Å². The van der Waals surface area contributed by atoms with Gasteiger partial charge in [-0.3, -0.25) is 4.79 Å². The van der Waals surface area contributed by atoms with E-state index in [0.717, 1.165) is 24.8 Å². The van der Waals surface area contributed by atoms with Crippen LogP contribution in [0, 0.1) is 22.7 Å². The molecule has 0 aromatic rings. The van der Waals surface area contributed by atoms with Gasteiger partial charge in [-0.15, -0.1) is 0 Å². The van der Waals surface area contributed by atoms with Gasteiger partial charge in [-0.05, 0) is 70.1 Å². The van der Waals surface area contributed by atoms with Crippen LogP contribution in [0.5, 0.6) is 0 Å². The highest BCUT2D eigenvalue weighted by Crippen LogP contribution is 2.61. The molecule has 0 aromatic carbocycles. The summed E-state index contributed by atoms with van der Waals surface area (Å²) in [6.07, 6.45) is 3.16. The fraction of sp³-hybridized carbons (Fsp3) is 0.741. The Labute approximate surface area is 213 Å². The summed E-state index contributed by atoms with van der Waals surface area (Å²) < 4.78 is 15.7. The third-order valence-electron chi connectivity index (χ3n) is 8.26. The highest BCUT2D eigenvalue weighted by atomic mass is 16.6. The number of hydrogen-bond acceptors (Lipinski definition) is 8. The zero-order chi connectivity index (χ0) is 26.9. The molecule has 6 atom stereocenters. The van der Waals surface area contributed by atoms with E-state index in [2.05, 4.69) is 18.8 Å². The Morgan fingerprint density at radius 3 is 2.61 bits per heavy atom. The number of rotatable bonds is 6. The second-order valence-corrected chi connectivity index (χ2v) is 11.9. The Kier molecular flexibility index (Phi) is 8.25. The quantitative estimate of drug-likeness (QED) is 0.216. The van der Waals surface area contributed by atoms with E-state index in [1.54, 1.807) is 26.8 Å². The second-order valence-electron chi connectivity index (χ2n) is 11.9. The molecule has 3 aliphatic rings. The molecule has 0 aromatic heterocycles. The van der Waals surface area contributed by atoms with Crippen LogP contribution < -0.4 is 5.32 Å². The molecule has 1 aliphatic heterocycles. The van der Waals surface area contributed by atoms with Gasteiger partial charge in [0.05, 0.1) is 18.3 Å². The maximum absolute atomic E-state index is 12.4. The first-order chi connectivity index (χ1) is 16.7. The van der Waals surface area contributed by atoms with Crippen LogP contribution in [0.15, 0.2) is 23.8 Å². The second kappa shape index (κ2) is 10.5. The number of carbonyl (C=O) groups excluding carboxylic acids is 3. The van der Waals surface area contributed by atoms with Crippen molar-refractivity contribution >= 4 is 18.0 Å². The Balaban J connectivity index is 1.69. The lowest BCUT2D eigenvalue weighted by molar-refractivity contribution is -0.151. The largest absolute Gasteiger partial charge is 0.458 e. The van der Waals surface area contributed by atoms with Crippen LogP contribution in [0.1, 0.15) is 66.7 Å². The third kappa shape index (κ3) is 5.78. The molecule has 0 bridgehead atoms. The van der Waals surface area contributed by atoms with Gasteiger partial charge in [-0.2, -0.15) is 0 Å². The van der Waals surface area contributed by atoms with E-state index in [1.165, 1.54) is 0 Å². The molecule has 2 saturated carbocycles. The SMILES string of the molecule is C=C1CC[C@@H]2[C@](C)(CO)[C@H](O)CC[C@@]2(C)[C@@H]1C/C=C1/C(=O)OC[C@H]1OC(=O)CNC(=O)OC(C)(C)C. The van der Waals surface area contributed by atoms with Gasteiger partial charge in [0.25, 0.3) is 0 Å². The number of amides is 1. The van der Waals surface area contributed by atoms with Gasteiger partial charge in [0.2, 0.25) is 0 Å². The predicted molar refractivity (Wildman–Crippen MR) is 132 cm³/mol. The summed E-state index contributed by atoms with van der Waals surface area (Å²) in [5, 5.41) is 23.2. The molecular formula is C27H41NO8. The first kappa shape index (κ1) is 28.2.